The lowest BCUT2D eigenvalue weighted by Crippen LogP contribution is -2.12. The minimum Gasteiger partial charge on any atom is -0.493 e. The third-order valence-electron chi connectivity index (χ3n) is 2.72. The van der Waals surface area contributed by atoms with Gasteiger partial charge in [-0.05, 0) is 46.6 Å². The van der Waals surface area contributed by atoms with Crippen molar-refractivity contribution in [2.24, 2.45) is 0 Å². The molecular weight excluding hydrogens is 351 g/mol. The molecule has 0 radical (unpaired) electrons. The van der Waals surface area contributed by atoms with Gasteiger partial charge in [-0.3, -0.25) is 0 Å². The highest BCUT2D eigenvalue weighted by Gasteiger charge is 2.26. The van der Waals surface area contributed by atoms with Gasteiger partial charge in [0, 0.05) is 13.0 Å². The normalized spacial score (nSPS) is 11.5. The molecule has 1 N–H and O–H groups in total. The Balaban J connectivity index is 2.68. The summed E-state index contributed by atoms with van der Waals surface area (Å²) in [5, 5.41) is 3.19. The molecule has 7 heteroatoms. The Bertz CT molecular complexity index is 453. The summed E-state index contributed by atoms with van der Waals surface area (Å²) >= 11 is 3.37. The molecule has 1 aromatic carbocycles. The first-order chi connectivity index (χ1) is 9.87. The van der Waals surface area contributed by atoms with E-state index >= 15 is 0 Å². The van der Waals surface area contributed by atoms with E-state index < -0.39 is 12.6 Å². The summed E-state index contributed by atoms with van der Waals surface area (Å²) in [4.78, 5) is 0. The first-order valence-electron chi connectivity index (χ1n) is 6.64. The topological polar surface area (TPSA) is 30.5 Å². The Labute approximate surface area is 130 Å². The zero-order chi connectivity index (χ0) is 15.9. The Morgan fingerprint density at radius 2 is 2.00 bits per heavy atom. The molecule has 0 aromatic heterocycles. The molecule has 21 heavy (non-hydrogen) atoms. The summed E-state index contributed by atoms with van der Waals surface area (Å²) in [6, 6.07) is 3.68. The van der Waals surface area contributed by atoms with E-state index in [1.165, 1.54) is 7.11 Å². The molecule has 1 aromatic rings. The molecule has 0 bridgehead atoms. The third-order valence-corrected chi connectivity index (χ3v) is 3.31. The van der Waals surface area contributed by atoms with Gasteiger partial charge in [-0.1, -0.05) is 6.92 Å². The van der Waals surface area contributed by atoms with Gasteiger partial charge in [0.15, 0.2) is 11.5 Å². The van der Waals surface area contributed by atoms with E-state index in [4.69, 9.17) is 9.47 Å². The van der Waals surface area contributed by atoms with Crippen LogP contribution in [0.2, 0.25) is 0 Å². The van der Waals surface area contributed by atoms with Gasteiger partial charge in [0.05, 0.1) is 18.2 Å². The first kappa shape index (κ1) is 18.1. The van der Waals surface area contributed by atoms with E-state index in [-0.39, 0.29) is 13.0 Å². The van der Waals surface area contributed by atoms with Crippen LogP contribution < -0.4 is 14.8 Å². The zero-order valence-corrected chi connectivity index (χ0v) is 13.6. The first-order valence-corrected chi connectivity index (χ1v) is 7.43. The van der Waals surface area contributed by atoms with Crippen molar-refractivity contribution in [2.45, 2.75) is 32.5 Å². The monoisotopic (exact) mass is 369 g/mol. The van der Waals surface area contributed by atoms with E-state index in [1.807, 2.05) is 19.1 Å². The van der Waals surface area contributed by atoms with Crippen LogP contribution in [-0.2, 0) is 6.54 Å². The maximum absolute atomic E-state index is 12.1. The molecule has 0 amide bonds. The molecule has 0 unspecified atom stereocenters. The van der Waals surface area contributed by atoms with E-state index in [0.29, 0.717) is 22.5 Å². The fraction of sp³-hybridized carbons (Fsp3) is 0.571. The lowest BCUT2D eigenvalue weighted by Gasteiger charge is -2.15. The molecule has 0 aliphatic rings. The highest BCUT2D eigenvalue weighted by Crippen LogP contribution is 2.37. The van der Waals surface area contributed by atoms with Crippen molar-refractivity contribution >= 4 is 15.9 Å². The quantitative estimate of drug-likeness (QED) is 0.693. The van der Waals surface area contributed by atoms with E-state index in [9.17, 15) is 13.2 Å². The van der Waals surface area contributed by atoms with Crippen LogP contribution in [0, 0.1) is 0 Å². The predicted octanol–water partition coefficient (Wildman–Crippen LogP) is 4.29. The number of alkyl halides is 3. The van der Waals surface area contributed by atoms with Crippen LogP contribution in [0.15, 0.2) is 16.6 Å². The number of methoxy groups -OCH3 is 1. The lowest BCUT2D eigenvalue weighted by molar-refractivity contribution is -0.136. The predicted molar refractivity (Wildman–Crippen MR) is 78.9 cm³/mol. The molecule has 0 heterocycles. The minimum atomic E-state index is -4.15. The number of benzene rings is 1. The summed E-state index contributed by atoms with van der Waals surface area (Å²) in [6.45, 7) is 3.51. The molecule has 0 fully saturated rings. The average Bonchev–Trinajstić information content (AvgIpc) is 2.41. The average molecular weight is 370 g/mol. The van der Waals surface area contributed by atoms with Crippen LogP contribution in [0.5, 0.6) is 11.5 Å². The van der Waals surface area contributed by atoms with Crippen molar-refractivity contribution in [1.82, 2.24) is 5.32 Å². The molecule has 0 atom stereocenters. The van der Waals surface area contributed by atoms with Gasteiger partial charge in [-0.15, -0.1) is 0 Å². The number of hydrogen-bond donors (Lipinski definition) is 1. The van der Waals surface area contributed by atoms with Gasteiger partial charge < -0.3 is 14.8 Å². The maximum Gasteiger partial charge on any atom is 0.389 e. The Kier molecular flexibility index (Phi) is 7.31. The summed E-state index contributed by atoms with van der Waals surface area (Å²) in [5.74, 6) is 0.934. The Morgan fingerprint density at radius 3 is 2.57 bits per heavy atom. The summed E-state index contributed by atoms with van der Waals surface area (Å²) in [6.07, 6.45) is -5.09. The molecule has 1 rings (SSSR count). The fourth-order valence-electron chi connectivity index (χ4n) is 1.73. The van der Waals surface area contributed by atoms with Crippen LogP contribution >= 0.6 is 15.9 Å². The van der Waals surface area contributed by atoms with E-state index in [0.717, 1.165) is 12.1 Å². The van der Waals surface area contributed by atoms with Gasteiger partial charge in [0.25, 0.3) is 0 Å². The molecule has 0 saturated carbocycles. The highest BCUT2D eigenvalue weighted by molar-refractivity contribution is 9.10. The Morgan fingerprint density at radius 1 is 1.29 bits per heavy atom. The summed E-state index contributed by atoms with van der Waals surface area (Å²) < 4.78 is 47.6. The van der Waals surface area contributed by atoms with Crippen molar-refractivity contribution in [1.29, 1.82) is 0 Å². The minimum absolute atomic E-state index is 0.0129. The molecule has 0 aliphatic heterocycles. The number of hydrogen-bond acceptors (Lipinski definition) is 3. The van der Waals surface area contributed by atoms with Crippen molar-refractivity contribution in [3.8, 4) is 11.5 Å². The van der Waals surface area contributed by atoms with Crippen molar-refractivity contribution in [2.75, 3.05) is 20.3 Å². The van der Waals surface area contributed by atoms with Crippen LogP contribution in [0.4, 0.5) is 13.2 Å². The van der Waals surface area contributed by atoms with Crippen molar-refractivity contribution in [3.63, 3.8) is 0 Å². The smallest absolute Gasteiger partial charge is 0.389 e. The number of ether oxygens (including phenoxy) is 2. The van der Waals surface area contributed by atoms with Crippen LogP contribution in [0.3, 0.4) is 0 Å². The molecule has 0 spiro atoms. The standard InChI is InChI=1S/C14H19BrF3NO2/c1-3-19-9-10-7-11(15)13(12(8-10)20-2)21-6-4-5-14(16,17)18/h7-8,19H,3-6,9H2,1-2H3. The van der Waals surface area contributed by atoms with Gasteiger partial charge in [0.1, 0.15) is 0 Å². The second-order valence-corrected chi connectivity index (χ2v) is 5.31. The fourth-order valence-corrected chi connectivity index (χ4v) is 2.34. The number of nitrogens with one attached hydrogen (secondary N) is 1. The Hall–Kier alpha value is -0.950. The van der Waals surface area contributed by atoms with Gasteiger partial charge in [0.2, 0.25) is 0 Å². The summed E-state index contributed by atoms with van der Waals surface area (Å²) in [7, 11) is 1.50. The number of halogens is 4. The molecule has 0 aliphatic carbocycles. The van der Waals surface area contributed by atoms with Crippen LogP contribution in [0.1, 0.15) is 25.3 Å². The van der Waals surface area contributed by atoms with Crippen LogP contribution in [-0.4, -0.2) is 26.4 Å². The SMILES string of the molecule is CCNCc1cc(Br)c(OCCCC(F)(F)F)c(OC)c1. The largest absolute Gasteiger partial charge is 0.493 e. The summed E-state index contributed by atoms with van der Waals surface area (Å²) in [5.41, 5.74) is 1.00. The highest BCUT2D eigenvalue weighted by atomic mass is 79.9. The second kappa shape index (κ2) is 8.48. The van der Waals surface area contributed by atoms with E-state index in [2.05, 4.69) is 21.2 Å². The van der Waals surface area contributed by atoms with Gasteiger partial charge >= 0.3 is 6.18 Å². The van der Waals surface area contributed by atoms with Gasteiger partial charge in [-0.2, -0.15) is 13.2 Å². The zero-order valence-electron chi connectivity index (χ0n) is 12.0. The lowest BCUT2D eigenvalue weighted by atomic mass is 10.2. The van der Waals surface area contributed by atoms with Gasteiger partial charge in [-0.25, -0.2) is 0 Å². The third kappa shape index (κ3) is 6.56. The second-order valence-electron chi connectivity index (χ2n) is 4.46. The molecular formula is C14H19BrF3NO2. The van der Waals surface area contributed by atoms with E-state index in [1.54, 1.807) is 0 Å². The van der Waals surface area contributed by atoms with Crippen molar-refractivity contribution in [3.05, 3.63) is 22.2 Å². The van der Waals surface area contributed by atoms with Crippen molar-refractivity contribution < 1.29 is 22.6 Å². The molecule has 120 valence electrons. The van der Waals surface area contributed by atoms with Crippen LogP contribution in [0.25, 0.3) is 0 Å². The maximum atomic E-state index is 12.1. The molecule has 0 saturated heterocycles. The molecule has 3 nitrogen and oxygen atoms in total. The number of rotatable bonds is 8.